The van der Waals surface area contributed by atoms with Gasteiger partial charge in [-0.15, -0.1) is 0 Å². The average molecular weight is 129 g/mol. The lowest BCUT2D eigenvalue weighted by molar-refractivity contribution is -0.117. The third-order valence-electron chi connectivity index (χ3n) is 0.889. The summed E-state index contributed by atoms with van der Waals surface area (Å²) < 4.78 is 12.1. The summed E-state index contributed by atoms with van der Waals surface area (Å²) in [5.41, 5.74) is 4.95. The van der Waals surface area contributed by atoms with Crippen molar-refractivity contribution in [3.63, 3.8) is 0 Å². The molecule has 0 aliphatic carbocycles. The molecule has 0 spiro atoms. The van der Waals surface area contributed by atoms with Crippen LogP contribution in [-0.2, 0) is 4.79 Å². The van der Waals surface area contributed by atoms with Gasteiger partial charge in [-0.05, 0) is 0 Å². The van der Waals surface area contributed by atoms with E-state index in [0.29, 0.717) is 0 Å². The number of carbonyl (C=O) groups is 1. The molecule has 0 aromatic rings. The van der Waals surface area contributed by atoms with Crippen molar-refractivity contribution < 1.29 is 9.18 Å². The maximum atomic E-state index is 12.1. The number of nitrogens with two attached hydrogens (primary N) is 1. The summed E-state index contributed by atoms with van der Waals surface area (Å²) >= 11 is 0. The first kappa shape index (κ1) is 6.03. The minimum Gasteiger partial charge on any atom is -0.313 e. The fourth-order valence-electron chi connectivity index (χ4n) is 0.403. The first-order valence-corrected chi connectivity index (χ1v) is 2.27. The standard InChI is InChI=1S/C4H4FN3O/c5-3-2(6)4(9)8-1-7-3/h1-2H,6H2. The molecule has 1 heterocycles. The number of hydrogen-bond donors (Lipinski definition) is 1. The SMILES string of the molecule is NC1C(=O)N=CN=C1F. The zero-order valence-electron chi connectivity index (χ0n) is 4.41. The molecule has 0 aromatic heterocycles. The highest BCUT2D eigenvalue weighted by Crippen LogP contribution is 1.95. The average Bonchev–Trinajstić information content (AvgIpc) is 1.83. The van der Waals surface area contributed by atoms with E-state index in [-0.39, 0.29) is 0 Å². The van der Waals surface area contributed by atoms with E-state index in [9.17, 15) is 9.18 Å². The molecule has 9 heavy (non-hydrogen) atoms. The topological polar surface area (TPSA) is 67.8 Å². The molecule has 1 aliphatic heterocycles. The highest BCUT2D eigenvalue weighted by Gasteiger charge is 2.21. The fraction of sp³-hybridized carbons (Fsp3) is 0.250. The minimum absolute atomic E-state index is 0.692. The largest absolute Gasteiger partial charge is 0.313 e. The summed E-state index contributed by atoms with van der Waals surface area (Å²) in [4.78, 5) is 16.6. The van der Waals surface area contributed by atoms with Gasteiger partial charge < -0.3 is 5.73 Å². The highest BCUT2D eigenvalue weighted by atomic mass is 19.1. The van der Waals surface area contributed by atoms with Crippen molar-refractivity contribution in [2.75, 3.05) is 0 Å². The minimum atomic E-state index is -1.28. The Labute approximate surface area is 50.3 Å². The first-order valence-electron chi connectivity index (χ1n) is 2.27. The van der Waals surface area contributed by atoms with Crippen molar-refractivity contribution in [1.29, 1.82) is 0 Å². The quantitative estimate of drug-likeness (QED) is 0.467. The Morgan fingerprint density at radius 3 is 2.89 bits per heavy atom. The zero-order valence-corrected chi connectivity index (χ0v) is 4.41. The van der Waals surface area contributed by atoms with E-state index in [0.717, 1.165) is 6.34 Å². The molecule has 0 saturated heterocycles. The van der Waals surface area contributed by atoms with Gasteiger partial charge in [0.25, 0.3) is 5.91 Å². The van der Waals surface area contributed by atoms with Crippen molar-refractivity contribution in [1.82, 2.24) is 0 Å². The van der Waals surface area contributed by atoms with Gasteiger partial charge in [0, 0.05) is 0 Å². The summed E-state index contributed by atoms with van der Waals surface area (Å²) in [5, 5.41) is 0. The van der Waals surface area contributed by atoms with Crippen molar-refractivity contribution in [2.24, 2.45) is 15.7 Å². The predicted molar refractivity (Wildman–Crippen MR) is 30.0 cm³/mol. The number of rotatable bonds is 0. The van der Waals surface area contributed by atoms with Crippen molar-refractivity contribution >= 4 is 18.2 Å². The van der Waals surface area contributed by atoms with Gasteiger partial charge in [0.2, 0.25) is 5.97 Å². The lowest BCUT2D eigenvalue weighted by Gasteiger charge is -2.04. The molecule has 48 valence electrons. The Bertz CT molecular complexity index is 198. The first-order chi connectivity index (χ1) is 4.22. The van der Waals surface area contributed by atoms with E-state index in [1.807, 2.05) is 0 Å². The van der Waals surface area contributed by atoms with Crippen molar-refractivity contribution in [3.05, 3.63) is 0 Å². The van der Waals surface area contributed by atoms with Gasteiger partial charge in [-0.25, -0.2) is 4.99 Å². The van der Waals surface area contributed by atoms with Gasteiger partial charge in [-0.2, -0.15) is 9.38 Å². The molecule has 0 radical (unpaired) electrons. The lowest BCUT2D eigenvalue weighted by atomic mass is 10.3. The number of nitrogens with zero attached hydrogens (tertiary/aromatic N) is 2. The molecule has 1 aliphatic rings. The molecular formula is C4H4FN3O. The molecule has 0 saturated carbocycles. The Balaban J connectivity index is 2.86. The van der Waals surface area contributed by atoms with E-state index in [1.54, 1.807) is 0 Å². The Hall–Kier alpha value is -1.10. The van der Waals surface area contributed by atoms with E-state index in [2.05, 4.69) is 9.98 Å². The van der Waals surface area contributed by atoms with Crippen LogP contribution in [0.15, 0.2) is 9.98 Å². The lowest BCUT2D eigenvalue weighted by Crippen LogP contribution is -2.37. The number of amides is 1. The molecule has 4 nitrogen and oxygen atoms in total. The van der Waals surface area contributed by atoms with Gasteiger partial charge in [0.1, 0.15) is 6.34 Å². The van der Waals surface area contributed by atoms with E-state index >= 15 is 0 Å². The summed E-state index contributed by atoms with van der Waals surface area (Å²) in [6.45, 7) is 0. The Kier molecular flexibility index (Phi) is 1.35. The summed E-state index contributed by atoms with van der Waals surface area (Å²) in [7, 11) is 0. The Morgan fingerprint density at radius 2 is 2.44 bits per heavy atom. The Morgan fingerprint density at radius 1 is 1.78 bits per heavy atom. The maximum absolute atomic E-state index is 12.1. The number of aliphatic imine (C=N–C) groups is 2. The molecule has 1 amide bonds. The van der Waals surface area contributed by atoms with Gasteiger partial charge >= 0.3 is 0 Å². The molecule has 5 heteroatoms. The predicted octanol–water partition coefficient (Wildman–Crippen LogP) is -0.750. The van der Waals surface area contributed by atoms with Gasteiger partial charge in [-0.1, -0.05) is 0 Å². The van der Waals surface area contributed by atoms with Crippen LogP contribution in [0.1, 0.15) is 0 Å². The molecule has 2 N–H and O–H groups in total. The number of halogens is 1. The third-order valence-corrected chi connectivity index (χ3v) is 0.889. The molecule has 0 aromatic carbocycles. The van der Waals surface area contributed by atoms with Gasteiger partial charge in [-0.3, -0.25) is 4.79 Å². The van der Waals surface area contributed by atoms with Gasteiger partial charge in [0.15, 0.2) is 6.04 Å². The van der Waals surface area contributed by atoms with Crippen molar-refractivity contribution in [2.45, 2.75) is 6.04 Å². The normalized spacial score (nSPS) is 26.2. The molecule has 1 rings (SSSR count). The van der Waals surface area contributed by atoms with E-state index in [1.165, 1.54) is 0 Å². The molecule has 1 unspecified atom stereocenters. The van der Waals surface area contributed by atoms with Crippen LogP contribution in [0.25, 0.3) is 0 Å². The molecule has 1 atom stereocenters. The van der Waals surface area contributed by atoms with E-state index in [4.69, 9.17) is 5.73 Å². The highest BCUT2D eigenvalue weighted by molar-refractivity contribution is 6.11. The molecular weight excluding hydrogens is 125 g/mol. The van der Waals surface area contributed by atoms with Crippen LogP contribution in [0.3, 0.4) is 0 Å². The summed E-state index contributed by atoms with van der Waals surface area (Å²) in [6.07, 6.45) is 0.848. The zero-order chi connectivity index (χ0) is 6.85. The maximum Gasteiger partial charge on any atom is 0.272 e. The summed E-state index contributed by atoms with van der Waals surface area (Å²) in [6, 6.07) is -1.28. The van der Waals surface area contributed by atoms with Crippen LogP contribution < -0.4 is 5.73 Å². The number of hydrogen-bond acceptors (Lipinski definition) is 3. The van der Waals surface area contributed by atoms with Crippen LogP contribution in [0.2, 0.25) is 0 Å². The molecule has 0 fully saturated rings. The molecule has 0 bridgehead atoms. The van der Waals surface area contributed by atoms with Crippen LogP contribution in [0, 0.1) is 0 Å². The fourth-order valence-corrected chi connectivity index (χ4v) is 0.403. The van der Waals surface area contributed by atoms with E-state index < -0.39 is 17.9 Å². The number of carbonyl (C=O) groups excluding carboxylic acids is 1. The van der Waals surface area contributed by atoms with Crippen LogP contribution in [-0.4, -0.2) is 24.3 Å². The second-order valence-corrected chi connectivity index (χ2v) is 1.51. The van der Waals surface area contributed by atoms with Crippen LogP contribution in [0.5, 0.6) is 0 Å². The summed E-state index contributed by atoms with van der Waals surface area (Å²) in [5.74, 6) is -1.57. The monoisotopic (exact) mass is 129 g/mol. The third kappa shape index (κ3) is 0.996. The second kappa shape index (κ2) is 2.02. The van der Waals surface area contributed by atoms with Crippen LogP contribution >= 0.6 is 0 Å². The van der Waals surface area contributed by atoms with Crippen molar-refractivity contribution in [3.8, 4) is 0 Å². The second-order valence-electron chi connectivity index (χ2n) is 1.51. The van der Waals surface area contributed by atoms with Crippen LogP contribution in [0.4, 0.5) is 4.39 Å². The smallest absolute Gasteiger partial charge is 0.272 e. The van der Waals surface area contributed by atoms with Gasteiger partial charge in [0.05, 0.1) is 0 Å².